The van der Waals surface area contributed by atoms with E-state index in [1.54, 1.807) is 12.1 Å². The summed E-state index contributed by atoms with van der Waals surface area (Å²) in [6.45, 7) is 3.95. The Morgan fingerprint density at radius 2 is 1.96 bits per heavy atom. The van der Waals surface area contributed by atoms with Gasteiger partial charge in [-0.05, 0) is 49.1 Å². The highest BCUT2D eigenvalue weighted by Gasteiger charge is 2.22. The molecule has 0 unspecified atom stereocenters. The minimum absolute atomic E-state index is 0.0200. The van der Waals surface area contributed by atoms with Crippen molar-refractivity contribution in [3.63, 3.8) is 0 Å². The molecule has 27 heavy (non-hydrogen) atoms. The zero-order valence-electron chi connectivity index (χ0n) is 15.0. The topological polar surface area (TPSA) is 73.0 Å². The summed E-state index contributed by atoms with van der Waals surface area (Å²) in [5, 5.41) is 20.2. The third-order valence-corrected chi connectivity index (χ3v) is 5.10. The minimum atomic E-state index is -0.580. The molecule has 1 aliphatic heterocycles. The minimum Gasteiger partial charge on any atom is -0.507 e. The van der Waals surface area contributed by atoms with E-state index in [-0.39, 0.29) is 17.1 Å². The van der Waals surface area contributed by atoms with E-state index in [2.05, 4.69) is 27.9 Å². The van der Waals surface area contributed by atoms with Gasteiger partial charge >= 0.3 is 0 Å². The fourth-order valence-corrected chi connectivity index (χ4v) is 3.49. The van der Waals surface area contributed by atoms with Crippen molar-refractivity contribution in [2.45, 2.75) is 19.8 Å². The molecule has 1 aliphatic rings. The molecule has 1 fully saturated rings. The summed E-state index contributed by atoms with van der Waals surface area (Å²) in [5.74, 6) is 0.721. The number of hydrogen-bond acceptors (Lipinski definition) is 5. The largest absolute Gasteiger partial charge is 0.507 e. The van der Waals surface area contributed by atoms with Gasteiger partial charge in [-0.2, -0.15) is 5.26 Å². The number of nitrogens with zero attached hydrogens (tertiary/aromatic N) is 4. The second-order valence-corrected chi connectivity index (χ2v) is 7.02. The first-order chi connectivity index (χ1) is 13.1. The number of fused-ring (bicyclic) bond motifs is 1. The van der Waals surface area contributed by atoms with Crippen LogP contribution in [-0.4, -0.2) is 28.2 Å². The van der Waals surface area contributed by atoms with Crippen molar-refractivity contribution in [2.24, 2.45) is 5.92 Å². The lowest BCUT2D eigenvalue weighted by atomic mass is 9.99. The summed E-state index contributed by atoms with van der Waals surface area (Å²) in [6.07, 6.45) is 2.12. The van der Waals surface area contributed by atoms with Crippen LogP contribution in [0.4, 0.5) is 10.2 Å². The molecule has 0 radical (unpaired) electrons. The molecule has 1 saturated heterocycles. The van der Waals surface area contributed by atoms with E-state index >= 15 is 0 Å². The summed E-state index contributed by atoms with van der Waals surface area (Å²) in [4.78, 5) is 11.3. The van der Waals surface area contributed by atoms with E-state index in [9.17, 15) is 14.8 Å². The zero-order valence-corrected chi connectivity index (χ0v) is 15.0. The molecule has 6 heteroatoms. The van der Waals surface area contributed by atoms with Crippen LogP contribution in [-0.2, 0) is 0 Å². The van der Waals surface area contributed by atoms with E-state index in [1.807, 2.05) is 6.07 Å². The lowest BCUT2D eigenvalue weighted by molar-refractivity contribution is 0.437. The van der Waals surface area contributed by atoms with Crippen LogP contribution < -0.4 is 4.90 Å². The number of anilines is 1. The Balaban J connectivity index is 1.94. The second-order valence-electron chi connectivity index (χ2n) is 7.02. The van der Waals surface area contributed by atoms with Crippen LogP contribution in [0.5, 0.6) is 5.75 Å². The third-order valence-electron chi connectivity index (χ3n) is 5.10. The zero-order chi connectivity index (χ0) is 19.0. The predicted molar refractivity (Wildman–Crippen MR) is 102 cm³/mol. The standard InChI is InChI=1S/C21H19FN4O/c1-13-7-9-26(10-8-13)21-15-6-5-14(12-23)11-17(15)24-20(25-21)19-16(22)3-2-4-18(19)27/h2-6,11,13,27H,7-10H2,1H3. The Kier molecular flexibility index (Phi) is 4.36. The maximum absolute atomic E-state index is 14.4. The van der Waals surface area contributed by atoms with Crippen LogP contribution in [0.2, 0.25) is 0 Å². The summed E-state index contributed by atoms with van der Waals surface area (Å²) < 4.78 is 14.4. The highest BCUT2D eigenvalue weighted by Crippen LogP contribution is 2.34. The van der Waals surface area contributed by atoms with Gasteiger partial charge < -0.3 is 10.0 Å². The van der Waals surface area contributed by atoms with E-state index in [0.717, 1.165) is 31.3 Å². The molecule has 0 bridgehead atoms. The number of phenolic OH excluding ortho intramolecular Hbond substituents is 1. The molecule has 4 rings (SSSR count). The number of nitriles is 1. The van der Waals surface area contributed by atoms with E-state index in [4.69, 9.17) is 0 Å². The van der Waals surface area contributed by atoms with Crippen LogP contribution in [0, 0.1) is 23.1 Å². The maximum Gasteiger partial charge on any atom is 0.168 e. The average Bonchev–Trinajstić information content (AvgIpc) is 2.67. The molecule has 0 spiro atoms. The van der Waals surface area contributed by atoms with Gasteiger partial charge in [-0.15, -0.1) is 0 Å². The van der Waals surface area contributed by atoms with Gasteiger partial charge in [0.25, 0.3) is 0 Å². The smallest absolute Gasteiger partial charge is 0.168 e. The maximum atomic E-state index is 14.4. The molecule has 1 aromatic heterocycles. The van der Waals surface area contributed by atoms with Crippen molar-refractivity contribution in [3.8, 4) is 23.2 Å². The normalized spacial score (nSPS) is 15.1. The fraction of sp³-hybridized carbons (Fsp3) is 0.286. The first-order valence-corrected chi connectivity index (χ1v) is 9.01. The lowest BCUT2D eigenvalue weighted by Gasteiger charge is -2.32. The van der Waals surface area contributed by atoms with Gasteiger partial charge in [-0.1, -0.05) is 13.0 Å². The van der Waals surface area contributed by atoms with Crippen molar-refractivity contribution in [2.75, 3.05) is 18.0 Å². The quantitative estimate of drug-likeness (QED) is 0.738. The summed E-state index contributed by atoms with van der Waals surface area (Å²) in [6, 6.07) is 11.5. The van der Waals surface area contributed by atoms with Crippen LogP contribution in [0.25, 0.3) is 22.3 Å². The highest BCUT2D eigenvalue weighted by molar-refractivity contribution is 5.92. The Morgan fingerprint density at radius 3 is 2.67 bits per heavy atom. The van der Waals surface area contributed by atoms with Gasteiger partial charge in [0.1, 0.15) is 17.4 Å². The van der Waals surface area contributed by atoms with Gasteiger partial charge in [0.2, 0.25) is 0 Å². The van der Waals surface area contributed by atoms with Crippen LogP contribution in [0.15, 0.2) is 36.4 Å². The SMILES string of the molecule is CC1CCN(c2nc(-c3c(O)cccc3F)nc3cc(C#N)ccc23)CC1. The molecule has 0 aliphatic carbocycles. The van der Waals surface area contributed by atoms with Gasteiger partial charge in [0, 0.05) is 18.5 Å². The van der Waals surface area contributed by atoms with Gasteiger partial charge in [0.05, 0.1) is 22.7 Å². The highest BCUT2D eigenvalue weighted by atomic mass is 19.1. The van der Waals surface area contributed by atoms with Crippen LogP contribution >= 0.6 is 0 Å². The lowest BCUT2D eigenvalue weighted by Crippen LogP contribution is -2.33. The van der Waals surface area contributed by atoms with Gasteiger partial charge in [-0.3, -0.25) is 0 Å². The number of aromatic hydroxyl groups is 1. The molecule has 1 N–H and O–H groups in total. The van der Waals surface area contributed by atoms with Gasteiger partial charge in [0.15, 0.2) is 5.82 Å². The van der Waals surface area contributed by atoms with Crippen molar-refractivity contribution in [3.05, 3.63) is 47.8 Å². The Bertz CT molecular complexity index is 1030. The summed E-state index contributed by atoms with van der Waals surface area (Å²) in [7, 11) is 0. The van der Waals surface area contributed by atoms with Crippen molar-refractivity contribution in [1.82, 2.24) is 9.97 Å². The Hall–Kier alpha value is -3.20. The van der Waals surface area contributed by atoms with E-state index in [0.29, 0.717) is 22.8 Å². The number of aromatic nitrogens is 2. The Labute approximate surface area is 156 Å². The number of piperidine rings is 1. The third kappa shape index (κ3) is 3.17. The molecular weight excluding hydrogens is 343 g/mol. The first kappa shape index (κ1) is 17.2. The number of halogens is 1. The van der Waals surface area contributed by atoms with Gasteiger partial charge in [-0.25, -0.2) is 14.4 Å². The molecule has 5 nitrogen and oxygen atoms in total. The number of hydrogen-bond donors (Lipinski definition) is 1. The predicted octanol–water partition coefficient (Wildman–Crippen LogP) is 4.25. The molecule has 3 aromatic rings. The molecule has 0 amide bonds. The molecule has 2 heterocycles. The van der Waals surface area contributed by atoms with E-state index in [1.165, 1.54) is 18.2 Å². The van der Waals surface area contributed by atoms with Crippen LogP contribution in [0.3, 0.4) is 0 Å². The first-order valence-electron chi connectivity index (χ1n) is 9.01. The number of phenols is 1. The molecular formula is C21H19FN4O. The fourth-order valence-electron chi connectivity index (χ4n) is 3.49. The molecule has 136 valence electrons. The summed E-state index contributed by atoms with van der Waals surface area (Å²) >= 11 is 0. The summed E-state index contributed by atoms with van der Waals surface area (Å²) in [5.41, 5.74) is 1.02. The second kappa shape index (κ2) is 6.84. The molecule has 0 saturated carbocycles. The van der Waals surface area contributed by atoms with E-state index < -0.39 is 5.82 Å². The number of rotatable bonds is 2. The van der Waals surface area contributed by atoms with Crippen molar-refractivity contribution < 1.29 is 9.50 Å². The van der Waals surface area contributed by atoms with Crippen molar-refractivity contribution >= 4 is 16.7 Å². The monoisotopic (exact) mass is 362 g/mol. The molecule has 2 aromatic carbocycles. The Morgan fingerprint density at radius 1 is 1.19 bits per heavy atom. The van der Waals surface area contributed by atoms with Crippen molar-refractivity contribution in [1.29, 1.82) is 5.26 Å². The molecule has 0 atom stereocenters. The number of benzene rings is 2. The van der Waals surface area contributed by atoms with Crippen LogP contribution in [0.1, 0.15) is 25.3 Å². The average molecular weight is 362 g/mol.